The lowest BCUT2D eigenvalue weighted by Crippen LogP contribution is -2.52. The van der Waals surface area contributed by atoms with Gasteiger partial charge >= 0.3 is 0 Å². The Kier molecular flexibility index (Phi) is 11.1. The van der Waals surface area contributed by atoms with Crippen LogP contribution in [0.15, 0.2) is 72.8 Å². The molecule has 0 aliphatic heterocycles. The minimum absolute atomic E-state index is 0.0222. The molecule has 0 heterocycles. The summed E-state index contributed by atoms with van der Waals surface area (Å²) >= 11 is 0. The van der Waals surface area contributed by atoms with Crippen LogP contribution in [0.4, 0.5) is 10.1 Å². The molecule has 0 aliphatic rings. The fourth-order valence-electron chi connectivity index (χ4n) is 4.72. The van der Waals surface area contributed by atoms with E-state index in [1.54, 1.807) is 18.2 Å². The number of rotatable bonds is 13. The highest BCUT2D eigenvalue weighted by molar-refractivity contribution is 7.92. The Morgan fingerprint density at radius 3 is 2.24 bits per heavy atom. The van der Waals surface area contributed by atoms with Gasteiger partial charge in [0.25, 0.3) is 0 Å². The van der Waals surface area contributed by atoms with Crippen molar-refractivity contribution in [1.29, 1.82) is 0 Å². The van der Waals surface area contributed by atoms with Gasteiger partial charge in [-0.05, 0) is 62.9 Å². The average Bonchev–Trinajstić information content (AvgIpc) is 2.90. The maximum absolute atomic E-state index is 14.8. The summed E-state index contributed by atoms with van der Waals surface area (Å²) in [5, 5.41) is 2.91. The second-order valence-electron chi connectivity index (χ2n) is 10.7. The Balaban J connectivity index is 1.91. The normalized spacial score (nSPS) is 12.2. The molecule has 0 aliphatic carbocycles. The van der Waals surface area contributed by atoms with Crippen LogP contribution in [-0.4, -0.2) is 50.0 Å². The molecule has 3 rings (SSSR count). The monoisotopic (exact) mass is 581 g/mol. The zero-order valence-electron chi connectivity index (χ0n) is 24.4. The van der Waals surface area contributed by atoms with Crippen molar-refractivity contribution < 1.29 is 22.4 Å². The number of amides is 2. The van der Waals surface area contributed by atoms with Crippen molar-refractivity contribution in [3.63, 3.8) is 0 Å². The number of carbonyl (C=O) groups excluding carboxylic acids is 2. The van der Waals surface area contributed by atoms with Crippen molar-refractivity contribution in [2.45, 2.75) is 65.6 Å². The van der Waals surface area contributed by atoms with Gasteiger partial charge in [-0.1, -0.05) is 60.7 Å². The largest absolute Gasteiger partial charge is 0.352 e. The molecule has 2 amide bonds. The molecule has 1 N–H and O–H groups in total. The van der Waals surface area contributed by atoms with E-state index in [1.165, 1.54) is 15.3 Å². The van der Waals surface area contributed by atoms with Gasteiger partial charge < -0.3 is 10.2 Å². The Morgan fingerprint density at radius 2 is 1.61 bits per heavy atom. The smallest absolute Gasteiger partial charge is 0.243 e. The number of hydrogen-bond donors (Lipinski definition) is 1. The molecule has 9 heteroatoms. The molecule has 0 saturated heterocycles. The van der Waals surface area contributed by atoms with Crippen molar-refractivity contribution in [2.75, 3.05) is 17.1 Å². The number of carbonyl (C=O) groups is 2. The summed E-state index contributed by atoms with van der Waals surface area (Å²) in [6.45, 7) is 7.41. The topological polar surface area (TPSA) is 86.8 Å². The number of benzene rings is 3. The first-order valence-electron chi connectivity index (χ1n) is 13.8. The zero-order chi connectivity index (χ0) is 30.2. The van der Waals surface area contributed by atoms with E-state index in [1.807, 2.05) is 76.2 Å². The summed E-state index contributed by atoms with van der Waals surface area (Å²) in [6.07, 6.45) is 1.59. The molecule has 0 radical (unpaired) electrons. The van der Waals surface area contributed by atoms with Gasteiger partial charge in [0.1, 0.15) is 11.9 Å². The summed E-state index contributed by atoms with van der Waals surface area (Å²) in [6, 6.07) is 20.1. The van der Waals surface area contributed by atoms with Crippen LogP contribution in [0.5, 0.6) is 0 Å². The summed E-state index contributed by atoms with van der Waals surface area (Å²) in [5.41, 5.74) is 3.46. The summed E-state index contributed by atoms with van der Waals surface area (Å²) in [4.78, 5) is 28.7. The number of nitrogens with one attached hydrogen (secondary N) is 1. The molecular formula is C32H40FN3O4S. The van der Waals surface area contributed by atoms with Crippen LogP contribution in [0.3, 0.4) is 0 Å². The highest BCUT2D eigenvalue weighted by atomic mass is 32.2. The predicted octanol–water partition coefficient (Wildman–Crippen LogP) is 5.15. The summed E-state index contributed by atoms with van der Waals surface area (Å²) in [5.74, 6) is -1.16. The number of halogens is 1. The maximum Gasteiger partial charge on any atom is 0.243 e. The molecule has 3 aromatic carbocycles. The SMILES string of the molecule is Cc1ccc(C)c(N(CCCC(=O)N(Cc2ccccc2F)[C@@H](Cc2ccccc2)C(=O)NC(C)C)S(C)(=O)=O)c1. The molecule has 41 heavy (non-hydrogen) atoms. The molecule has 0 aromatic heterocycles. The van der Waals surface area contributed by atoms with Crippen LogP contribution < -0.4 is 9.62 Å². The fourth-order valence-corrected chi connectivity index (χ4v) is 5.73. The van der Waals surface area contributed by atoms with Gasteiger partial charge in [-0.2, -0.15) is 0 Å². The Bertz CT molecular complexity index is 1440. The standard InChI is InChI=1S/C32H40FN3O4S/c1-23(2)34-32(38)30(21-26-12-7-6-8-13-26)35(22-27-14-9-10-15-28(27)33)31(37)16-11-19-36(41(5,39)40)29-20-24(3)17-18-25(29)4/h6-10,12-15,17-18,20,23,30H,11,16,19,21-22H2,1-5H3,(H,34,38)/t30-/m0/s1. The summed E-state index contributed by atoms with van der Waals surface area (Å²) in [7, 11) is -3.62. The van der Waals surface area contributed by atoms with Gasteiger partial charge in [0.05, 0.1) is 11.9 Å². The van der Waals surface area contributed by atoms with Gasteiger partial charge in [-0.15, -0.1) is 0 Å². The van der Waals surface area contributed by atoms with Crippen molar-refractivity contribution >= 4 is 27.5 Å². The lowest BCUT2D eigenvalue weighted by molar-refractivity contribution is -0.141. The number of nitrogens with zero attached hydrogens (tertiary/aromatic N) is 2. The lowest BCUT2D eigenvalue weighted by Gasteiger charge is -2.32. The average molecular weight is 582 g/mol. The molecule has 3 aromatic rings. The van der Waals surface area contributed by atoms with E-state index in [-0.39, 0.29) is 50.2 Å². The molecule has 7 nitrogen and oxygen atoms in total. The third-order valence-corrected chi connectivity index (χ3v) is 7.97. The van der Waals surface area contributed by atoms with E-state index in [0.29, 0.717) is 11.3 Å². The molecule has 220 valence electrons. The Labute approximate surface area is 243 Å². The van der Waals surface area contributed by atoms with Crippen LogP contribution in [0.25, 0.3) is 0 Å². The zero-order valence-corrected chi connectivity index (χ0v) is 25.2. The highest BCUT2D eigenvalue weighted by Crippen LogP contribution is 2.25. The second kappa shape index (κ2) is 14.3. The molecule has 0 spiro atoms. The van der Waals surface area contributed by atoms with E-state index in [2.05, 4.69) is 5.32 Å². The number of hydrogen-bond acceptors (Lipinski definition) is 4. The van der Waals surface area contributed by atoms with Crippen LogP contribution in [0, 0.1) is 19.7 Å². The first kappa shape index (κ1) is 31.8. The van der Waals surface area contributed by atoms with E-state index in [9.17, 15) is 22.4 Å². The van der Waals surface area contributed by atoms with Crippen molar-refractivity contribution in [3.8, 4) is 0 Å². The maximum atomic E-state index is 14.8. The van der Waals surface area contributed by atoms with Crippen LogP contribution in [0.2, 0.25) is 0 Å². The van der Waals surface area contributed by atoms with E-state index < -0.39 is 21.9 Å². The van der Waals surface area contributed by atoms with Crippen LogP contribution >= 0.6 is 0 Å². The first-order valence-corrected chi connectivity index (χ1v) is 15.6. The number of aryl methyl sites for hydroxylation is 2. The molecular weight excluding hydrogens is 541 g/mol. The minimum atomic E-state index is -3.62. The van der Waals surface area contributed by atoms with Gasteiger partial charge in [0.2, 0.25) is 21.8 Å². The van der Waals surface area contributed by atoms with E-state index in [4.69, 9.17) is 0 Å². The Hall–Kier alpha value is -3.72. The van der Waals surface area contributed by atoms with Crippen molar-refractivity contribution in [1.82, 2.24) is 10.2 Å². The third-order valence-electron chi connectivity index (χ3n) is 6.79. The van der Waals surface area contributed by atoms with Crippen LogP contribution in [0.1, 0.15) is 48.9 Å². The van der Waals surface area contributed by atoms with E-state index in [0.717, 1.165) is 22.9 Å². The van der Waals surface area contributed by atoms with Crippen LogP contribution in [-0.2, 0) is 32.6 Å². The molecule has 1 atom stereocenters. The molecule has 0 saturated carbocycles. The molecule has 0 bridgehead atoms. The second-order valence-corrected chi connectivity index (χ2v) is 12.6. The number of anilines is 1. The third kappa shape index (κ3) is 9.14. The lowest BCUT2D eigenvalue weighted by atomic mass is 10.0. The summed E-state index contributed by atoms with van der Waals surface area (Å²) < 4.78 is 41.5. The van der Waals surface area contributed by atoms with Gasteiger partial charge in [0, 0.05) is 37.5 Å². The minimum Gasteiger partial charge on any atom is -0.352 e. The predicted molar refractivity (Wildman–Crippen MR) is 162 cm³/mol. The highest BCUT2D eigenvalue weighted by Gasteiger charge is 2.31. The number of sulfonamides is 1. The van der Waals surface area contributed by atoms with Gasteiger partial charge in [-0.25, -0.2) is 12.8 Å². The molecule has 0 unspecified atom stereocenters. The Morgan fingerprint density at radius 1 is 0.951 bits per heavy atom. The van der Waals surface area contributed by atoms with E-state index >= 15 is 0 Å². The van der Waals surface area contributed by atoms with Gasteiger partial charge in [-0.3, -0.25) is 13.9 Å². The van der Waals surface area contributed by atoms with Crippen molar-refractivity contribution in [2.24, 2.45) is 0 Å². The van der Waals surface area contributed by atoms with Gasteiger partial charge in [0.15, 0.2) is 0 Å². The quantitative estimate of drug-likeness (QED) is 0.302. The molecule has 0 fully saturated rings. The van der Waals surface area contributed by atoms with Crippen molar-refractivity contribution in [3.05, 3.63) is 101 Å². The fraction of sp³-hybridized carbons (Fsp3) is 0.375. The first-order chi connectivity index (χ1) is 19.4.